The quantitative estimate of drug-likeness (QED) is 0.301. The molecule has 0 radical (unpaired) electrons. The maximum absolute atomic E-state index is 13.9. The molecule has 190 valence electrons. The van der Waals surface area contributed by atoms with Gasteiger partial charge in [0, 0.05) is 17.1 Å². The molecule has 12 heteroatoms. The summed E-state index contributed by atoms with van der Waals surface area (Å²) in [6, 6.07) is 13.3. The van der Waals surface area contributed by atoms with Crippen LogP contribution in [-0.4, -0.2) is 37.4 Å². The maximum Gasteiger partial charge on any atom is 0.433 e. The number of amides is 1. The van der Waals surface area contributed by atoms with Crippen molar-refractivity contribution >= 4 is 28.6 Å². The van der Waals surface area contributed by atoms with E-state index in [1.807, 2.05) is 37.3 Å². The molecule has 0 unspecified atom stereocenters. The number of hydrogen-bond donors (Lipinski definition) is 1. The van der Waals surface area contributed by atoms with Gasteiger partial charge in [-0.2, -0.15) is 23.4 Å². The first kappa shape index (κ1) is 24.5. The fraction of sp³-hybridized carbons (Fsp3) is 0.200. The van der Waals surface area contributed by atoms with E-state index in [0.717, 1.165) is 22.9 Å². The molecule has 0 bridgehead atoms. The van der Waals surface area contributed by atoms with Crippen LogP contribution in [0.25, 0.3) is 16.2 Å². The summed E-state index contributed by atoms with van der Waals surface area (Å²) in [5, 5.41) is 10.8. The van der Waals surface area contributed by atoms with Gasteiger partial charge in [0.1, 0.15) is 5.75 Å². The molecule has 0 aliphatic rings. The molecular weight excluding hydrogens is 505 g/mol. The number of ether oxygens (including phenoxy) is 1. The lowest BCUT2D eigenvalue weighted by molar-refractivity contribution is -0.142. The molecule has 0 fully saturated rings. The first-order valence-electron chi connectivity index (χ1n) is 11.3. The summed E-state index contributed by atoms with van der Waals surface area (Å²) in [5.74, 6) is 0.0374. The minimum atomic E-state index is -4.69. The Labute approximate surface area is 213 Å². The summed E-state index contributed by atoms with van der Waals surface area (Å²) in [4.78, 5) is 18.8. The molecule has 0 aliphatic carbocycles. The lowest BCUT2D eigenvalue weighted by Gasteiger charge is -2.10. The lowest BCUT2D eigenvalue weighted by Crippen LogP contribution is -2.15. The van der Waals surface area contributed by atoms with E-state index < -0.39 is 17.8 Å². The molecule has 4 aromatic heterocycles. The third-order valence-corrected chi connectivity index (χ3v) is 6.83. The number of nitrogens with one attached hydrogen (secondary N) is 1. The van der Waals surface area contributed by atoms with Crippen LogP contribution >= 0.6 is 11.3 Å². The number of anilines is 1. The number of hydrogen-bond acceptors (Lipinski definition) is 6. The number of aromatic nitrogens is 5. The Morgan fingerprint density at radius 2 is 2.00 bits per heavy atom. The largest absolute Gasteiger partial charge is 0.497 e. The Morgan fingerprint density at radius 1 is 1.16 bits per heavy atom. The molecule has 1 amide bonds. The number of fused-ring (bicyclic) bond motifs is 1. The Kier molecular flexibility index (Phi) is 6.42. The first-order valence-corrected chi connectivity index (χ1v) is 12.1. The number of halogens is 3. The van der Waals surface area contributed by atoms with E-state index in [9.17, 15) is 18.0 Å². The normalized spacial score (nSPS) is 11.7. The number of aryl methyl sites for hydroxylation is 1. The zero-order chi connectivity index (χ0) is 26.2. The predicted octanol–water partition coefficient (Wildman–Crippen LogP) is 5.54. The number of benzene rings is 1. The van der Waals surface area contributed by atoms with E-state index in [1.165, 1.54) is 23.6 Å². The predicted molar refractivity (Wildman–Crippen MR) is 133 cm³/mol. The van der Waals surface area contributed by atoms with Crippen molar-refractivity contribution < 1.29 is 22.7 Å². The van der Waals surface area contributed by atoms with Gasteiger partial charge < -0.3 is 10.1 Å². The molecule has 0 atom stereocenters. The van der Waals surface area contributed by atoms with Crippen molar-refractivity contribution in [3.63, 3.8) is 0 Å². The highest BCUT2D eigenvalue weighted by atomic mass is 32.1. The summed E-state index contributed by atoms with van der Waals surface area (Å²) < 4.78 is 49.1. The highest BCUT2D eigenvalue weighted by Crippen LogP contribution is 2.34. The van der Waals surface area contributed by atoms with Gasteiger partial charge in [0.05, 0.1) is 36.1 Å². The zero-order valence-corrected chi connectivity index (χ0v) is 20.6. The first-order chi connectivity index (χ1) is 17.7. The van der Waals surface area contributed by atoms with Gasteiger partial charge in [0.15, 0.2) is 17.0 Å². The van der Waals surface area contributed by atoms with Crippen molar-refractivity contribution in [3.8, 4) is 16.3 Å². The number of alkyl halides is 3. The molecule has 4 heterocycles. The van der Waals surface area contributed by atoms with Crippen molar-refractivity contribution in [3.05, 3.63) is 82.8 Å². The van der Waals surface area contributed by atoms with E-state index in [0.29, 0.717) is 27.4 Å². The van der Waals surface area contributed by atoms with E-state index in [4.69, 9.17) is 4.74 Å². The second-order valence-corrected chi connectivity index (χ2v) is 9.34. The number of rotatable bonds is 7. The summed E-state index contributed by atoms with van der Waals surface area (Å²) in [5.41, 5.74) is 0.213. The van der Waals surface area contributed by atoms with Gasteiger partial charge in [-0.3, -0.25) is 9.48 Å². The highest BCUT2D eigenvalue weighted by molar-refractivity contribution is 7.15. The third-order valence-electron chi connectivity index (χ3n) is 5.58. The SMILES string of the molecule is CCc1ccc(-c2cc(C(F)(F)F)n3nc(C(=O)Nc4cnn(Cc5cccc(OC)c5)c4)cc3n2)s1. The minimum Gasteiger partial charge on any atom is -0.497 e. The smallest absolute Gasteiger partial charge is 0.433 e. The van der Waals surface area contributed by atoms with Crippen molar-refractivity contribution in [2.24, 2.45) is 0 Å². The Morgan fingerprint density at radius 3 is 2.73 bits per heavy atom. The zero-order valence-electron chi connectivity index (χ0n) is 19.8. The van der Waals surface area contributed by atoms with E-state index >= 15 is 0 Å². The van der Waals surface area contributed by atoms with Crippen LogP contribution < -0.4 is 10.1 Å². The van der Waals surface area contributed by atoms with Gasteiger partial charge in [-0.05, 0) is 42.3 Å². The van der Waals surface area contributed by atoms with Crippen LogP contribution in [0.1, 0.15) is 33.5 Å². The second kappa shape index (κ2) is 9.69. The minimum absolute atomic E-state index is 0.0739. The van der Waals surface area contributed by atoms with Crippen LogP contribution in [0.5, 0.6) is 5.75 Å². The molecule has 0 saturated heterocycles. The summed E-state index contributed by atoms with van der Waals surface area (Å²) in [6.45, 7) is 2.41. The van der Waals surface area contributed by atoms with Crippen LogP contribution in [-0.2, 0) is 19.1 Å². The van der Waals surface area contributed by atoms with E-state index in [1.54, 1.807) is 24.1 Å². The average Bonchev–Trinajstić information content (AvgIpc) is 3.62. The molecule has 5 aromatic rings. The van der Waals surface area contributed by atoms with E-state index in [-0.39, 0.29) is 17.0 Å². The van der Waals surface area contributed by atoms with Crippen molar-refractivity contribution in [2.75, 3.05) is 12.4 Å². The van der Waals surface area contributed by atoms with E-state index in [2.05, 4.69) is 20.5 Å². The van der Waals surface area contributed by atoms with Crippen molar-refractivity contribution in [2.45, 2.75) is 26.1 Å². The Balaban J connectivity index is 1.40. The number of methoxy groups -OCH3 is 1. The molecule has 37 heavy (non-hydrogen) atoms. The molecule has 1 N–H and O–H groups in total. The molecule has 0 spiro atoms. The Hall–Kier alpha value is -4.19. The monoisotopic (exact) mass is 526 g/mol. The van der Waals surface area contributed by atoms with Crippen LogP contribution in [0, 0.1) is 0 Å². The number of carbonyl (C=O) groups is 1. The molecule has 8 nitrogen and oxygen atoms in total. The molecule has 0 saturated carbocycles. The van der Waals surface area contributed by atoms with Gasteiger partial charge in [-0.15, -0.1) is 11.3 Å². The fourth-order valence-electron chi connectivity index (χ4n) is 3.79. The molecule has 5 rings (SSSR count). The van der Waals surface area contributed by atoms with Crippen LogP contribution in [0.2, 0.25) is 0 Å². The van der Waals surface area contributed by atoms with Crippen molar-refractivity contribution in [1.82, 2.24) is 24.4 Å². The third kappa shape index (κ3) is 5.19. The fourth-order valence-corrected chi connectivity index (χ4v) is 4.69. The standard InChI is InChI=1S/C25H21F3N6O2S/c1-3-18-7-8-21(37-18)19-10-22(25(26,27)28)34-23(31-19)11-20(32-34)24(35)30-16-12-29-33(14-16)13-15-5-4-6-17(9-15)36-2/h4-12,14H,3,13H2,1-2H3,(H,30,35). The van der Waals surface area contributed by atoms with Crippen LogP contribution in [0.4, 0.5) is 18.9 Å². The number of carbonyl (C=O) groups excluding carboxylic acids is 1. The Bertz CT molecular complexity index is 1590. The second-order valence-electron chi connectivity index (χ2n) is 8.18. The summed E-state index contributed by atoms with van der Waals surface area (Å²) in [6.07, 6.45) is -0.853. The van der Waals surface area contributed by atoms with Gasteiger partial charge in [0.25, 0.3) is 5.91 Å². The molecule has 0 aliphatic heterocycles. The van der Waals surface area contributed by atoms with Crippen LogP contribution in [0.15, 0.2) is 60.9 Å². The van der Waals surface area contributed by atoms with Gasteiger partial charge in [0.2, 0.25) is 0 Å². The summed E-state index contributed by atoms with van der Waals surface area (Å²) in [7, 11) is 1.58. The number of nitrogens with zero attached hydrogens (tertiary/aromatic N) is 5. The highest BCUT2D eigenvalue weighted by Gasteiger charge is 2.36. The van der Waals surface area contributed by atoms with Gasteiger partial charge in [-0.1, -0.05) is 19.1 Å². The van der Waals surface area contributed by atoms with Gasteiger partial charge in [-0.25, -0.2) is 9.50 Å². The number of thiophene rings is 1. The summed E-state index contributed by atoms with van der Waals surface area (Å²) >= 11 is 1.38. The topological polar surface area (TPSA) is 86.3 Å². The van der Waals surface area contributed by atoms with Crippen LogP contribution in [0.3, 0.4) is 0 Å². The lowest BCUT2D eigenvalue weighted by atomic mass is 10.2. The average molecular weight is 527 g/mol. The van der Waals surface area contributed by atoms with Gasteiger partial charge >= 0.3 is 6.18 Å². The molecule has 1 aromatic carbocycles. The maximum atomic E-state index is 13.9. The molecular formula is C25H21F3N6O2S. The van der Waals surface area contributed by atoms with Crippen molar-refractivity contribution in [1.29, 1.82) is 0 Å².